The van der Waals surface area contributed by atoms with E-state index in [9.17, 15) is 24.6 Å². The van der Waals surface area contributed by atoms with Crippen LogP contribution in [0, 0.1) is 19.8 Å². The Morgan fingerprint density at radius 2 is 1.82 bits per heavy atom. The Balaban J connectivity index is 2.06. The molecular weight excluding hydrogens is 380 g/mol. The molecule has 2 unspecified atom stereocenters. The summed E-state index contributed by atoms with van der Waals surface area (Å²) in [5, 5.41) is 28.6. The number of ketones is 1. The molecule has 8 heteroatoms. The molecule has 3 rings (SSSR count). The summed E-state index contributed by atoms with van der Waals surface area (Å²) in [4.78, 5) is 38.0. The fourth-order valence-corrected chi connectivity index (χ4v) is 6.16. The smallest absolute Gasteiger partial charge is 0.313 e. The van der Waals surface area contributed by atoms with Crippen molar-refractivity contribution in [1.29, 1.82) is 0 Å². The zero-order valence-electron chi connectivity index (χ0n) is 15.6. The number of aliphatic carboxylic acids is 1. The highest BCUT2D eigenvalue weighted by atomic mass is 32.3. The number of benzene rings is 2. The molecule has 2 atom stereocenters. The van der Waals surface area contributed by atoms with Gasteiger partial charge in [-0.3, -0.25) is 19.5 Å². The summed E-state index contributed by atoms with van der Waals surface area (Å²) in [5.74, 6) is -3.44. The number of anilines is 1. The van der Waals surface area contributed by atoms with Crippen LogP contribution in [0.3, 0.4) is 0 Å². The molecule has 0 saturated carbocycles. The second kappa shape index (κ2) is 7.29. The molecule has 0 aromatic heterocycles. The summed E-state index contributed by atoms with van der Waals surface area (Å²) in [6.07, 6.45) is 0. The lowest BCUT2D eigenvalue weighted by Crippen LogP contribution is -2.35. The van der Waals surface area contributed by atoms with Gasteiger partial charge in [0.1, 0.15) is 11.7 Å². The third-order valence-corrected chi connectivity index (χ3v) is 7.76. The first kappa shape index (κ1) is 19.9. The standard InChI is InChI=1S/C20H22N2O5S/c1-11-7-13(8-12(2)18(11)25)19(26)14-9-28(21,10-17(23)24)16-6-4-3-5-15(16)22-20(14)27/h3-8,14,25H,9-10,21H2,1-2H3,(H,22,27)(H,23,24). The number of carboxylic acid groups (broad SMARTS) is 1. The minimum atomic E-state index is -2.45. The van der Waals surface area contributed by atoms with Crippen molar-refractivity contribution in [2.24, 2.45) is 11.1 Å². The molecule has 148 valence electrons. The lowest BCUT2D eigenvalue weighted by molar-refractivity contribution is -0.134. The van der Waals surface area contributed by atoms with Gasteiger partial charge in [-0.05, 0) is 49.2 Å². The minimum Gasteiger partial charge on any atom is -0.507 e. The minimum absolute atomic E-state index is 0.0556. The van der Waals surface area contributed by atoms with Crippen molar-refractivity contribution in [2.45, 2.75) is 18.7 Å². The van der Waals surface area contributed by atoms with Crippen molar-refractivity contribution in [1.82, 2.24) is 0 Å². The number of carbonyl (C=O) groups is 3. The zero-order chi connectivity index (χ0) is 20.6. The average molecular weight is 402 g/mol. The highest BCUT2D eigenvalue weighted by Gasteiger charge is 2.40. The maximum Gasteiger partial charge on any atom is 0.313 e. The number of hydrogen-bond acceptors (Lipinski definition) is 5. The predicted molar refractivity (Wildman–Crippen MR) is 108 cm³/mol. The zero-order valence-corrected chi connectivity index (χ0v) is 16.4. The van der Waals surface area contributed by atoms with E-state index < -0.39 is 33.8 Å². The molecule has 2 aromatic carbocycles. The Bertz CT molecular complexity index is 967. The van der Waals surface area contributed by atoms with Crippen molar-refractivity contribution in [3.63, 3.8) is 0 Å². The monoisotopic (exact) mass is 402 g/mol. The number of nitrogens with one attached hydrogen (secondary N) is 1. The number of aromatic hydroxyl groups is 1. The Hall–Kier alpha value is -2.84. The summed E-state index contributed by atoms with van der Waals surface area (Å²) in [5.41, 5.74) is 1.78. The number of aryl methyl sites for hydroxylation is 2. The summed E-state index contributed by atoms with van der Waals surface area (Å²) in [6.45, 7) is 3.34. The molecule has 0 spiro atoms. The van der Waals surface area contributed by atoms with Crippen LogP contribution in [0.1, 0.15) is 21.5 Å². The lowest BCUT2D eigenvalue weighted by atomic mass is 9.95. The number of para-hydroxylation sites is 1. The molecule has 0 saturated heterocycles. The van der Waals surface area contributed by atoms with E-state index in [0.29, 0.717) is 21.7 Å². The normalized spacial score (nSPS) is 23.7. The highest BCUT2D eigenvalue weighted by molar-refractivity contribution is 8.32. The van der Waals surface area contributed by atoms with Crippen molar-refractivity contribution in [3.8, 4) is 5.75 Å². The average Bonchev–Trinajstić information content (AvgIpc) is 2.73. The number of phenols is 1. The summed E-state index contributed by atoms with van der Waals surface area (Å²) in [6, 6.07) is 9.87. The Kier molecular flexibility index (Phi) is 5.18. The molecule has 2 aromatic rings. The van der Waals surface area contributed by atoms with E-state index in [0.717, 1.165) is 0 Å². The predicted octanol–water partition coefficient (Wildman–Crippen LogP) is 2.58. The van der Waals surface area contributed by atoms with Gasteiger partial charge in [0.2, 0.25) is 5.91 Å². The van der Waals surface area contributed by atoms with Gasteiger partial charge in [-0.15, -0.1) is 0 Å². The van der Waals surface area contributed by atoms with Crippen LogP contribution in [0.5, 0.6) is 5.75 Å². The number of Topliss-reactive ketones (excluding diaryl/α,β-unsaturated/α-hetero) is 1. The number of rotatable bonds is 4. The van der Waals surface area contributed by atoms with Gasteiger partial charge in [0.05, 0.1) is 11.4 Å². The van der Waals surface area contributed by atoms with E-state index in [1.165, 1.54) is 12.1 Å². The molecule has 28 heavy (non-hydrogen) atoms. The van der Waals surface area contributed by atoms with E-state index in [2.05, 4.69) is 5.32 Å². The molecule has 7 nitrogen and oxygen atoms in total. The molecule has 5 N–H and O–H groups in total. The van der Waals surface area contributed by atoms with Gasteiger partial charge in [-0.2, -0.15) is 10.2 Å². The SMILES string of the molecule is Cc1cc(C(=O)C2CS(N)(CC(=O)O)c3ccccc3NC2=O)cc(C)c1O. The molecule has 1 aliphatic rings. The third kappa shape index (κ3) is 3.61. The number of amides is 1. The number of hydrogen-bond donors (Lipinski definition) is 4. The first-order valence-corrected chi connectivity index (χ1v) is 10.7. The largest absolute Gasteiger partial charge is 0.507 e. The topological polar surface area (TPSA) is 130 Å². The van der Waals surface area contributed by atoms with Crippen LogP contribution in [0.2, 0.25) is 0 Å². The van der Waals surface area contributed by atoms with Crippen molar-refractivity contribution in [3.05, 3.63) is 53.1 Å². The summed E-state index contributed by atoms with van der Waals surface area (Å²) in [7, 11) is -2.45. The molecule has 0 bridgehead atoms. The van der Waals surface area contributed by atoms with Gasteiger partial charge in [-0.1, -0.05) is 12.1 Å². The van der Waals surface area contributed by atoms with Crippen LogP contribution in [0.25, 0.3) is 0 Å². The van der Waals surface area contributed by atoms with E-state index in [4.69, 9.17) is 5.14 Å². The Morgan fingerprint density at radius 3 is 2.43 bits per heavy atom. The van der Waals surface area contributed by atoms with Crippen LogP contribution >= 0.6 is 10.2 Å². The van der Waals surface area contributed by atoms with Gasteiger partial charge in [-0.25, -0.2) is 0 Å². The molecule has 1 amide bonds. The summed E-state index contributed by atoms with van der Waals surface area (Å²) < 4.78 is 0. The van der Waals surface area contributed by atoms with E-state index in [1.54, 1.807) is 38.1 Å². The van der Waals surface area contributed by atoms with Crippen LogP contribution in [0.15, 0.2) is 41.3 Å². The number of phenolic OH excluding ortho intramolecular Hbond substituents is 1. The second-order valence-electron chi connectivity index (χ2n) is 7.01. The first-order chi connectivity index (χ1) is 13.1. The molecule has 0 radical (unpaired) electrons. The maximum atomic E-state index is 13.2. The molecule has 0 aliphatic carbocycles. The van der Waals surface area contributed by atoms with Crippen LogP contribution in [-0.4, -0.2) is 39.4 Å². The van der Waals surface area contributed by atoms with Crippen LogP contribution in [0.4, 0.5) is 5.69 Å². The molecule has 0 fully saturated rings. The summed E-state index contributed by atoms with van der Waals surface area (Å²) >= 11 is 0. The van der Waals surface area contributed by atoms with Crippen LogP contribution in [-0.2, 0) is 9.59 Å². The van der Waals surface area contributed by atoms with E-state index in [-0.39, 0.29) is 22.8 Å². The Labute approximate surface area is 164 Å². The van der Waals surface area contributed by atoms with Crippen molar-refractivity contribution >= 4 is 33.6 Å². The number of nitrogens with two attached hydrogens (primary N) is 1. The fourth-order valence-electron chi connectivity index (χ4n) is 3.46. The first-order valence-electron chi connectivity index (χ1n) is 8.65. The molecule has 1 aliphatic heterocycles. The number of fused-ring (bicyclic) bond motifs is 1. The van der Waals surface area contributed by atoms with Crippen molar-refractivity contribution in [2.75, 3.05) is 16.8 Å². The van der Waals surface area contributed by atoms with Gasteiger partial charge >= 0.3 is 5.97 Å². The quantitative estimate of drug-likeness (QED) is 0.459. The fraction of sp³-hybridized carbons (Fsp3) is 0.250. The van der Waals surface area contributed by atoms with Crippen LogP contribution < -0.4 is 10.5 Å². The number of carboxylic acids is 1. The maximum absolute atomic E-state index is 13.2. The highest BCUT2D eigenvalue weighted by Crippen LogP contribution is 2.55. The third-order valence-electron chi connectivity index (χ3n) is 4.84. The molecule has 1 heterocycles. The second-order valence-corrected chi connectivity index (χ2v) is 9.96. The van der Waals surface area contributed by atoms with Gasteiger partial charge in [0, 0.05) is 16.2 Å². The van der Waals surface area contributed by atoms with Crippen molar-refractivity contribution < 1.29 is 24.6 Å². The van der Waals surface area contributed by atoms with E-state index in [1.807, 2.05) is 0 Å². The van der Waals surface area contributed by atoms with Gasteiger partial charge < -0.3 is 15.5 Å². The number of carbonyl (C=O) groups excluding carboxylic acids is 2. The Morgan fingerprint density at radius 1 is 1.21 bits per heavy atom. The van der Waals surface area contributed by atoms with Gasteiger partial charge in [0.15, 0.2) is 5.78 Å². The molecular formula is C20H22N2O5S. The van der Waals surface area contributed by atoms with E-state index >= 15 is 0 Å². The lowest BCUT2D eigenvalue weighted by Gasteiger charge is -2.35. The van der Waals surface area contributed by atoms with Gasteiger partial charge in [0.25, 0.3) is 0 Å².